The minimum absolute atomic E-state index is 0.0341. The van der Waals surface area contributed by atoms with Crippen LogP contribution in [0.3, 0.4) is 0 Å². The molecule has 7 heteroatoms. The van der Waals surface area contributed by atoms with Crippen molar-refractivity contribution in [2.75, 3.05) is 7.11 Å². The number of carbonyl (C=O) groups is 1. The molecule has 0 saturated heterocycles. The normalized spacial score (nSPS) is 11.1. The number of hydrogen-bond donors (Lipinski definition) is 1. The van der Waals surface area contributed by atoms with Gasteiger partial charge < -0.3 is 14.8 Å². The van der Waals surface area contributed by atoms with Crippen molar-refractivity contribution in [1.29, 1.82) is 0 Å². The lowest BCUT2D eigenvalue weighted by Crippen LogP contribution is -2.21. The van der Waals surface area contributed by atoms with Gasteiger partial charge in [-0.15, -0.1) is 0 Å². The Kier molecular flexibility index (Phi) is 7.14. The van der Waals surface area contributed by atoms with Crippen LogP contribution in [0.4, 0.5) is 0 Å². The predicted octanol–water partition coefficient (Wildman–Crippen LogP) is 4.65. The summed E-state index contributed by atoms with van der Waals surface area (Å²) < 4.78 is 12.9. The van der Waals surface area contributed by atoms with Crippen molar-refractivity contribution in [1.82, 2.24) is 15.1 Å². The summed E-state index contributed by atoms with van der Waals surface area (Å²) in [6.07, 6.45) is 6.69. The van der Waals surface area contributed by atoms with Crippen molar-refractivity contribution >= 4 is 23.6 Å². The van der Waals surface area contributed by atoms with Crippen LogP contribution in [0.5, 0.6) is 11.5 Å². The number of carbonyl (C=O) groups excluding carboxylic acids is 1. The maximum Gasteiger partial charge on any atom is 0.244 e. The van der Waals surface area contributed by atoms with Gasteiger partial charge in [-0.25, -0.2) is 4.68 Å². The topological polar surface area (TPSA) is 65.4 Å². The van der Waals surface area contributed by atoms with Crippen molar-refractivity contribution in [3.05, 3.63) is 77.1 Å². The van der Waals surface area contributed by atoms with Crippen LogP contribution in [-0.4, -0.2) is 28.9 Å². The van der Waals surface area contributed by atoms with E-state index in [9.17, 15) is 4.79 Å². The maximum absolute atomic E-state index is 12.3. The molecule has 0 saturated carbocycles. The Labute approximate surface area is 181 Å². The number of para-hydroxylation sites is 1. The van der Waals surface area contributed by atoms with Crippen LogP contribution >= 0.6 is 11.6 Å². The van der Waals surface area contributed by atoms with Crippen LogP contribution in [0.25, 0.3) is 11.8 Å². The zero-order valence-corrected chi connectivity index (χ0v) is 17.9. The first-order valence-corrected chi connectivity index (χ1v) is 9.93. The van der Waals surface area contributed by atoms with E-state index in [1.54, 1.807) is 36.2 Å². The van der Waals surface area contributed by atoms with Crippen molar-refractivity contribution in [3.8, 4) is 17.2 Å². The lowest BCUT2D eigenvalue weighted by Gasteiger charge is -2.15. The fourth-order valence-corrected chi connectivity index (χ4v) is 3.16. The number of halogens is 1. The Balaban J connectivity index is 1.68. The third kappa shape index (κ3) is 5.42. The van der Waals surface area contributed by atoms with E-state index in [0.29, 0.717) is 23.1 Å². The summed E-state index contributed by atoms with van der Waals surface area (Å²) in [5.74, 6) is 0.790. The highest BCUT2D eigenvalue weighted by atomic mass is 35.5. The number of benzene rings is 2. The molecule has 0 bridgehead atoms. The molecular weight excluding hydrogens is 402 g/mol. The van der Waals surface area contributed by atoms with Gasteiger partial charge in [0.1, 0.15) is 0 Å². The van der Waals surface area contributed by atoms with Gasteiger partial charge in [-0.1, -0.05) is 29.8 Å². The summed E-state index contributed by atoms with van der Waals surface area (Å²) >= 11 is 6.33. The van der Waals surface area contributed by atoms with Crippen molar-refractivity contribution in [2.24, 2.45) is 0 Å². The number of ether oxygens (including phenoxy) is 2. The highest BCUT2D eigenvalue weighted by Crippen LogP contribution is 2.37. The second kappa shape index (κ2) is 9.98. The minimum atomic E-state index is -0.220. The summed E-state index contributed by atoms with van der Waals surface area (Å²) in [7, 11) is 1.55. The molecule has 3 rings (SSSR count). The van der Waals surface area contributed by atoms with E-state index >= 15 is 0 Å². The molecule has 2 aromatic carbocycles. The molecule has 156 valence electrons. The van der Waals surface area contributed by atoms with E-state index in [0.717, 1.165) is 16.8 Å². The number of methoxy groups -OCH3 is 1. The summed E-state index contributed by atoms with van der Waals surface area (Å²) in [5, 5.41) is 7.58. The molecule has 0 fully saturated rings. The van der Waals surface area contributed by atoms with Crippen LogP contribution in [0.2, 0.25) is 5.02 Å². The summed E-state index contributed by atoms with van der Waals surface area (Å²) in [6, 6.07) is 13.2. The Bertz CT molecular complexity index is 1030. The molecule has 1 heterocycles. The summed E-state index contributed by atoms with van der Waals surface area (Å²) in [4.78, 5) is 12.3. The van der Waals surface area contributed by atoms with Crippen molar-refractivity contribution in [2.45, 2.75) is 26.5 Å². The van der Waals surface area contributed by atoms with E-state index in [1.807, 2.05) is 50.4 Å². The Morgan fingerprint density at radius 1 is 1.27 bits per heavy atom. The molecular formula is C23H24ClN3O3. The second-order valence-electron chi connectivity index (χ2n) is 6.83. The van der Waals surface area contributed by atoms with Crippen LogP contribution in [-0.2, 0) is 11.3 Å². The predicted molar refractivity (Wildman–Crippen MR) is 118 cm³/mol. The van der Waals surface area contributed by atoms with Gasteiger partial charge in [0.05, 0.1) is 23.9 Å². The maximum atomic E-state index is 12.3. The van der Waals surface area contributed by atoms with Gasteiger partial charge in [0.25, 0.3) is 0 Å². The van der Waals surface area contributed by atoms with Gasteiger partial charge >= 0.3 is 0 Å². The third-order valence-corrected chi connectivity index (χ3v) is 4.51. The number of nitrogens with one attached hydrogen (secondary N) is 1. The SMILES string of the molecule is COc1cc(/C=C/C(=O)NCc2ccccc2-n2cccn2)cc(Cl)c1OC(C)C. The summed E-state index contributed by atoms with van der Waals surface area (Å²) in [5.41, 5.74) is 2.62. The molecule has 0 spiro atoms. The molecule has 1 aromatic heterocycles. The van der Waals surface area contributed by atoms with Crippen molar-refractivity contribution in [3.63, 3.8) is 0 Å². The molecule has 30 heavy (non-hydrogen) atoms. The largest absolute Gasteiger partial charge is 0.493 e. The monoisotopic (exact) mass is 425 g/mol. The quantitative estimate of drug-likeness (QED) is 0.533. The Morgan fingerprint density at radius 2 is 2.07 bits per heavy atom. The van der Waals surface area contributed by atoms with Crippen LogP contribution in [0.15, 0.2) is 60.9 Å². The van der Waals surface area contributed by atoms with Crippen LogP contribution in [0, 0.1) is 0 Å². The zero-order chi connectivity index (χ0) is 21.5. The van der Waals surface area contributed by atoms with Crippen molar-refractivity contribution < 1.29 is 14.3 Å². The lowest BCUT2D eigenvalue weighted by molar-refractivity contribution is -0.116. The molecule has 0 aliphatic carbocycles. The highest BCUT2D eigenvalue weighted by molar-refractivity contribution is 6.32. The second-order valence-corrected chi connectivity index (χ2v) is 7.24. The number of aromatic nitrogens is 2. The van der Waals surface area contributed by atoms with E-state index in [2.05, 4.69) is 10.4 Å². The van der Waals surface area contributed by atoms with E-state index < -0.39 is 0 Å². The minimum Gasteiger partial charge on any atom is -0.493 e. The molecule has 3 aromatic rings. The Morgan fingerprint density at radius 3 is 2.77 bits per heavy atom. The first-order chi connectivity index (χ1) is 14.5. The van der Waals surface area contributed by atoms with Gasteiger partial charge in [-0.3, -0.25) is 4.79 Å². The van der Waals surface area contributed by atoms with E-state index in [4.69, 9.17) is 21.1 Å². The molecule has 0 atom stereocenters. The summed E-state index contributed by atoms with van der Waals surface area (Å²) in [6.45, 7) is 4.21. The fourth-order valence-electron chi connectivity index (χ4n) is 2.89. The van der Waals surface area contributed by atoms with Crippen LogP contribution in [0.1, 0.15) is 25.0 Å². The van der Waals surface area contributed by atoms with Crippen LogP contribution < -0.4 is 14.8 Å². The molecule has 6 nitrogen and oxygen atoms in total. The average Bonchev–Trinajstić information content (AvgIpc) is 3.27. The first-order valence-electron chi connectivity index (χ1n) is 9.56. The fraction of sp³-hybridized carbons (Fsp3) is 0.217. The average molecular weight is 426 g/mol. The van der Waals surface area contributed by atoms with Gasteiger partial charge in [-0.05, 0) is 55.3 Å². The number of hydrogen-bond acceptors (Lipinski definition) is 4. The standard InChI is InChI=1S/C23H24ClN3O3/c1-16(2)30-23-19(24)13-17(14-21(23)29-3)9-10-22(28)25-15-18-7-4-5-8-20(18)27-12-6-11-26-27/h4-14,16H,15H2,1-3H3,(H,25,28)/b10-9+. The first kappa shape index (κ1) is 21.5. The smallest absolute Gasteiger partial charge is 0.244 e. The molecule has 1 amide bonds. The van der Waals surface area contributed by atoms with Gasteiger partial charge in [0, 0.05) is 25.0 Å². The lowest BCUT2D eigenvalue weighted by atomic mass is 10.1. The molecule has 0 radical (unpaired) electrons. The molecule has 0 aliphatic heterocycles. The molecule has 0 unspecified atom stereocenters. The number of amides is 1. The third-order valence-electron chi connectivity index (χ3n) is 4.23. The number of nitrogens with zero attached hydrogens (tertiary/aromatic N) is 2. The van der Waals surface area contributed by atoms with Gasteiger partial charge in [0.2, 0.25) is 5.91 Å². The molecule has 1 N–H and O–H groups in total. The highest BCUT2D eigenvalue weighted by Gasteiger charge is 2.13. The van der Waals surface area contributed by atoms with E-state index in [1.165, 1.54) is 6.08 Å². The molecule has 0 aliphatic rings. The van der Waals surface area contributed by atoms with Gasteiger partial charge in [-0.2, -0.15) is 5.10 Å². The van der Waals surface area contributed by atoms with Gasteiger partial charge in [0.15, 0.2) is 11.5 Å². The zero-order valence-electron chi connectivity index (χ0n) is 17.1. The van der Waals surface area contributed by atoms with E-state index in [-0.39, 0.29) is 12.0 Å². The Hall–Kier alpha value is -3.25. The number of rotatable bonds is 8.